The maximum Gasteiger partial charge on any atom is 0.146 e. The van der Waals surface area contributed by atoms with Gasteiger partial charge in [0.2, 0.25) is 0 Å². The van der Waals surface area contributed by atoms with Crippen molar-refractivity contribution in [3.8, 4) is 17.6 Å². The number of hydrogen-bond acceptors (Lipinski definition) is 5. The van der Waals surface area contributed by atoms with Gasteiger partial charge in [0.25, 0.3) is 0 Å². The SMILES string of the molecule is COc1cc(OC)c(Nc2ccnc(C#N)c2)cc1Cl. The molecular weight excluding hydrogens is 278 g/mol. The summed E-state index contributed by atoms with van der Waals surface area (Å²) in [6.45, 7) is 0. The van der Waals surface area contributed by atoms with E-state index >= 15 is 0 Å². The van der Waals surface area contributed by atoms with Crippen LogP contribution in [0.15, 0.2) is 30.5 Å². The Hall–Kier alpha value is -2.45. The number of nitrogens with zero attached hydrogens (tertiary/aromatic N) is 2. The Morgan fingerprint density at radius 3 is 2.60 bits per heavy atom. The molecule has 0 saturated carbocycles. The van der Waals surface area contributed by atoms with Crippen molar-refractivity contribution in [2.45, 2.75) is 0 Å². The molecule has 2 aromatic rings. The minimum absolute atomic E-state index is 0.327. The molecule has 20 heavy (non-hydrogen) atoms. The second-order valence-corrected chi connectivity index (χ2v) is 4.26. The van der Waals surface area contributed by atoms with Gasteiger partial charge in [0.1, 0.15) is 23.3 Å². The molecule has 1 heterocycles. The van der Waals surface area contributed by atoms with E-state index in [9.17, 15) is 0 Å². The monoisotopic (exact) mass is 289 g/mol. The van der Waals surface area contributed by atoms with E-state index in [1.807, 2.05) is 6.07 Å². The van der Waals surface area contributed by atoms with Crippen molar-refractivity contribution in [2.75, 3.05) is 19.5 Å². The van der Waals surface area contributed by atoms with E-state index in [1.54, 1.807) is 37.6 Å². The summed E-state index contributed by atoms with van der Waals surface area (Å²) in [4.78, 5) is 3.91. The Bertz CT molecular complexity index is 668. The van der Waals surface area contributed by atoms with E-state index in [1.165, 1.54) is 7.11 Å². The Labute approximate surface area is 121 Å². The third-order valence-corrected chi connectivity index (χ3v) is 2.92. The standard InChI is InChI=1S/C14H12ClN3O2/c1-19-13-7-14(20-2)12(6-11(13)15)18-9-3-4-17-10(5-9)8-16/h3-7H,1-2H3,(H,17,18). The van der Waals surface area contributed by atoms with Crippen molar-refractivity contribution in [3.05, 3.63) is 41.2 Å². The second-order valence-electron chi connectivity index (χ2n) is 3.85. The molecule has 0 aliphatic heterocycles. The first-order valence-electron chi connectivity index (χ1n) is 5.72. The minimum Gasteiger partial charge on any atom is -0.495 e. The molecule has 1 aromatic heterocycles. The van der Waals surface area contributed by atoms with Crippen LogP contribution in [0.2, 0.25) is 5.02 Å². The first-order chi connectivity index (χ1) is 9.67. The van der Waals surface area contributed by atoms with Crippen LogP contribution in [0.3, 0.4) is 0 Å². The predicted octanol–water partition coefficient (Wildman–Crippen LogP) is 3.37. The van der Waals surface area contributed by atoms with Crippen molar-refractivity contribution in [1.82, 2.24) is 4.98 Å². The van der Waals surface area contributed by atoms with Crippen LogP contribution in [0.1, 0.15) is 5.69 Å². The summed E-state index contributed by atoms with van der Waals surface area (Å²) in [5.74, 6) is 1.11. The van der Waals surface area contributed by atoms with E-state index < -0.39 is 0 Å². The topological polar surface area (TPSA) is 67.2 Å². The molecule has 0 aliphatic carbocycles. The molecule has 0 atom stereocenters. The Morgan fingerprint density at radius 1 is 1.20 bits per heavy atom. The zero-order valence-corrected chi connectivity index (χ0v) is 11.7. The minimum atomic E-state index is 0.327. The van der Waals surface area contributed by atoms with Gasteiger partial charge in [-0.05, 0) is 18.2 Å². The van der Waals surface area contributed by atoms with E-state index in [-0.39, 0.29) is 0 Å². The Morgan fingerprint density at radius 2 is 1.95 bits per heavy atom. The van der Waals surface area contributed by atoms with Gasteiger partial charge in [-0.25, -0.2) is 4.98 Å². The Balaban J connectivity index is 2.37. The van der Waals surface area contributed by atoms with Crippen LogP contribution in [-0.4, -0.2) is 19.2 Å². The molecule has 0 spiro atoms. The number of halogens is 1. The van der Waals surface area contributed by atoms with Gasteiger partial charge in [0.15, 0.2) is 0 Å². The van der Waals surface area contributed by atoms with E-state index in [2.05, 4.69) is 10.3 Å². The molecular formula is C14H12ClN3O2. The lowest BCUT2D eigenvalue weighted by atomic mass is 10.2. The number of anilines is 2. The number of nitrogens with one attached hydrogen (secondary N) is 1. The van der Waals surface area contributed by atoms with Gasteiger partial charge in [-0.2, -0.15) is 5.26 Å². The van der Waals surface area contributed by atoms with Crippen molar-refractivity contribution in [1.29, 1.82) is 5.26 Å². The summed E-state index contributed by atoms with van der Waals surface area (Å²) >= 11 is 6.10. The number of ether oxygens (including phenoxy) is 2. The normalized spacial score (nSPS) is 9.70. The average Bonchev–Trinajstić information content (AvgIpc) is 2.48. The molecule has 102 valence electrons. The first kappa shape index (κ1) is 14.0. The highest BCUT2D eigenvalue weighted by molar-refractivity contribution is 6.32. The molecule has 5 nitrogen and oxygen atoms in total. The number of aromatic nitrogens is 1. The van der Waals surface area contributed by atoms with Gasteiger partial charge >= 0.3 is 0 Å². The third kappa shape index (κ3) is 2.92. The van der Waals surface area contributed by atoms with E-state index in [4.69, 9.17) is 26.3 Å². The zero-order chi connectivity index (χ0) is 14.5. The highest BCUT2D eigenvalue weighted by atomic mass is 35.5. The van der Waals surface area contributed by atoms with Gasteiger partial charge in [0.05, 0.1) is 24.9 Å². The lowest BCUT2D eigenvalue weighted by Crippen LogP contribution is -1.97. The lowest BCUT2D eigenvalue weighted by molar-refractivity contribution is 0.396. The lowest BCUT2D eigenvalue weighted by Gasteiger charge is -2.13. The fraction of sp³-hybridized carbons (Fsp3) is 0.143. The number of rotatable bonds is 4. The van der Waals surface area contributed by atoms with Crippen LogP contribution in [0, 0.1) is 11.3 Å². The molecule has 0 saturated heterocycles. The maximum absolute atomic E-state index is 8.84. The number of benzene rings is 1. The van der Waals surface area contributed by atoms with Crippen molar-refractivity contribution in [2.24, 2.45) is 0 Å². The maximum atomic E-state index is 8.84. The molecule has 1 N–H and O–H groups in total. The summed E-state index contributed by atoms with van der Waals surface area (Å²) in [7, 11) is 3.09. The highest BCUT2D eigenvalue weighted by Gasteiger charge is 2.10. The zero-order valence-electron chi connectivity index (χ0n) is 11.0. The summed E-state index contributed by atoms with van der Waals surface area (Å²) < 4.78 is 10.4. The molecule has 0 bridgehead atoms. The van der Waals surface area contributed by atoms with Gasteiger partial charge in [-0.1, -0.05) is 11.6 Å². The average molecular weight is 290 g/mol. The smallest absolute Gasteiger partial charge is 0.146 e. The van der Waals surface area contributed by atoms with E-state index in [0.717, 1.165) is 5.69 Å². The second kappa shape index (κ2) is 6.13. The summed E-state index contributed by atoms with van der Waals surface area (Å²) in [5, 5.41) is 12.4. The molecule has 2 rings (SSSR count). The van der Waals surface area contributed by atoms with E-state index in [0.29, 0.717) is 27.9 Å². The van der Waals surface area contributed by atoms with Crippen molar-refractivity contribution in [3.63, 3.8) is 0 Å². The molecule has 0 amide bonds. The van der Waals surface area contributed by atoms with Gasteiger partial charge in [-0.3, -0.25) is 0 Å². The summed E-state index contributed by atoms with van der Waals surface area (Å²) in [5.41, 5.74) is 1.72. The molecule has 1 aromatic carbocycles. The molecule has 0 aliphatic rings. The number of methoxy groups -OCH3 is 2. The molecule has 0 fully saturated rings. The largest absolute Gasteiger partial charge is 0.495 e. The van der Waals surface area contributed by atoms with Gasteiger partial charge in [-0.15, -0.1) is 0 Å². The molecule has 0 radical (unpaired) electrons. The third-order valence-electron chi connectivity index (χ3n) is 2.63. The van der Waals surface area contributed by atoms with Crippen LogP contribution in [0.4, 0.5) is 11.4 Å². The van der Waals surface area contributed by atoms with Crippen molar-refractivity contribution >= 4 is 23.0 Å². The van der Waals surface area contributed by atoms with Crippen molar-refractivity contribution < 1.29 is 9.47 Å². The molecule has 0 unspecified atom stereocenters. The van der Waals surface area contributed by atoms with Gasteiger partial charge in [0, 0.05) is 18.0 Å². The van der Waals surface area contributed by atoms with Crippen LogP contribution in [-0.2, 0) is 0 Å². The quantitative estimate of drug-likeness (QED) is 0.934. The van der Waals surface area contributed by atoms with Crippen LogP contribution in [0.5, 0.6) is 11.5 Å². The summed E-state index contributed by atoms with van der Waals surface area (Å²) in [6.07, 6.45) is 1.55. The number of hydrogen-bond donors (Lipinski definition) is 1. The highest BCUT2D eigenvalue weighted by Crippen LogP contribution is 2.37. The Kier molecular flexibility index (Phi) is 4.28. The fourth-order valence-corrected chi connectivity index (χ4v) is 1.92. The first-order valence-corrected chi connectivity index (χ1v) is 6.10. The molecule has 6 heteroatoms. The summed E-state index contributed by atoms with van der Waals surface area (Å²) in [6, 6.07) is 8.76. The van der Waals surface area contributed by atoms with Gasteiger partial charge < -0.3 is 14.8 Å². The number of nitriles is 1. The van der Waals surface area contributed by atoms with Crippen LogP contribution >= 0.6 is 11.6 Å². The van der Waals surface area contributed by atoms with Crippen LogP contribution < -0.4 is 14.8 Å². The number of pyridine rings is 1. The predicted molar refractivity (Wildman–Crippen MR) is 76.8 cm³/mol. The van der Waals surface area contributed by atoms with Crippen LogP contribution in [0.25, 0.3) is 0 Å². The fourth-order valence-electron chi connectivity index (χ4n) is 1.68.